The van der Waals surface area contributed by atoms with Gasteiger partial charge in [-0.05, 0) is 72.8 Å². The van der Waals surface area contributed by atoms with E-state index < -0.39 is 0 Å². The fourth-order valence-corrected chi connectivity index (χ4v) is 4.02. The molecule has 1 aliphatic heterocycles. The molecular formula is C28H29NO3. The number of fused-ring (bicyclic) bond motifs is 1. The van der Waals surface area contributed by atoms with Gasteiger partial charge in [-0.3, -0.25) is 9.69 Å². The Morgan fingerprint density at radius 3 is 2.66 bits per heavy atom. The number of para-hydroxylation sites is 1. The number of unbranched alkanes of at least 4 members (excludes halogenated alkanes) is 1. The van der Waals surface area contributed by atoms with Gasteiger partial charge in [0.25, 0.3) is 0 Å². The van der Waals surface area contributed by atoms with Crippen LogP contribution in [0.1, 0.15) is 39.9 Å². The first-order chi connectivity index (χ1) is 15.7. The summed E-state index contributed by atoms with van der Waals surface area (Å²) in [6, 6.07) is 23.0. The molecule has 0 aliphatic carbocycles. The lowest BCUT2D eigenvalue weighted by Gasteiger charge is -2.28. The molecule has 4 heteroatoms. The molecule has 0 saturated carbocycles. The van der Waals surface area contributed by atoms with E-state index >= 15 is 0 Å². The third-order valence-electron chi connectivity index (χ3n) is 5.80. The van der Waals surface area contributed by atoms with Gasteiger partial charge in [0.05, 0.1) is 12.2 Å². The average molecular weight is 428 g/mol. The maximum absolute atomic E-state index is 12.3. The minimum absolute atomic E-state index is 0.00649. The molecule has 0 amide bonds. The van der Waals surface area contributed by atoms with E-state index in [9.17, 15) is 9.90 Å². The molecule has 3 aromatic carbocycles. The van der Waals surface area contributed by atoms with Crippen LogP contribution in [0.4, 0.5) is 0 Å². The first-order valence-electron chi connectivity index (χ1n) is 11.2. The summed E-state index contributed by atoms with van der Waals surface area (Å²) in [5, 5.41) is 9.81. The van der Waals surface area contributed by atoms with Gasteiger partial charge in [-0.15, -0.1) is 0 Å². The average Bonchev–Trinajstić information content (AvgIpc) is 2.83. The zero-order valence-corrected chi connectivity index (χ0v) is 18.2. The van der Waals surface area contributed by atoms with Crippen molar-refractivity contribution in [2.75, 3.05) is 19.7 Å². The Kier molecular flexibility index (Phi) is 7.36. The predicted molar refractivity (Wildman–Crippen MR) is 128 cm³/mol. The van der Waals surface area contributed by atoms with Crippen LogP contribution in [-0.2, 0) is 13.0 Å². The number of hydrogen-bond acceptors (Lipinski definition) is 4. The van der Waals surface area contributed by atoms with Crippen LogP contribution in [0.25, 0.3) is 6.08 Å². The molecule has 0 bridgehead atoms. The number of aromatic hydroxyl groups is 1. The standard InChI is InChI=1S/C28H29NO3/c30-27-13-4-3-12-26(27)28(31)15-14-22-8-7-11-25(20-22)32-19-6-5-17-29-18-16-23-9-1-2-10-24(23)21-29/h1-4,7-15,20,30H,5-6,16-19,21H2/b15-14+. The highest BCUT2D eigenvalue weighted by Gasteiger charge is 2.14. The van der Waals surface area contributed by atoms with Gasteiger partial charge in [0, 0.05) is 13.1 Å². The van der Waals surface area contributed by atoms with Crippen molar-refractivity contribution in [1.29, 1.82) is 0 Å². The summed E-state index contributed by atoms with van der Waals surface area (Å²) in [7, 11) is 0. The first-order valence-corrected chi connectivity index (χ1v) is 11.2. The van der Waals surface area contributed by atoms with Gasteiger partial charge in [-0.25, -0.2) is 0 Å². The maximum Gasteiger partial charge on any atom is 0.189 e. The minimum atomic E-state index is -0.227. The van der Waals surface area contributed by atoms with Gasteiger partial charge >= 0.3 is 0 Å². The topological polar surface area (TPSA) is 49.8 Å². The van der Waals surface area contributed by atoms with Crippen molar-refractivity contribution in [2.24, 2.45) is 0 Å². The number of benzene rings is 3. The van der Waals surface area contributed by atoms with Crippen molar-refractivity contribution in [1.82, 2.24) is 4.90 Å². The van der Waals surface area contributed by atoms with E-state index in [2.05, 4.69) is 29.2 Å². The Morgan fingerprint density at radius 2 is 1.78 bits per heavy atom. The van der Waals surface area contributed by atoms with Crippen LogP contribution < -0.4 is 4.74 Å². The van der Waals surface area contributed by atoms with Crippen LogP contribution in [0.3, 0.4) is 0 Å². The van der Waals surface area contributed by atoms with Crippen molar-refractivity contribution < 1.29 is 14.6 Å². The van der Waals surface area contributed by atoms with E-state index in [-0.39, 0.29) is 11.5 Å². The molecule has 32 heavy (non-hydrogen) atoms. The van der Waals surface area contributed by atoms with Crippen LogP contribution in [0.15, 0.2) is 78.9 Å². The van der Waals surface area contributed by atoms with Crippen LogP contribution in [-0.4, -0.2) is 35.5 Å². The summed E-state index contributed by atoms with van der Waals surface area (Å²) in [4.78, 5) is 14.8. The van der Waals surface area contributed by atoms with Gasteiger partial charge in [0.1, 0.15) is 11.5 Å². The number of hydrogen-bond donors (Lipinski definition) is 1. The van der Waals surface area contributed by atoms with E-state index in [4.69, 9.17) is 4.74 Å². The number of nitrogens with zero attached hydrogens (tertiary/aromatic N) is 1. The minimum Gasteiger partial charge on any atom is -0.507 e. The number of carbonyl (C=O) groups excluding carboxylic acids is 1. The zero-order valence-electron chi connectivity index (χ0n) is 18.2. The molecule has 1 aliphatic rings. The number of rotatable bonds is 9. The van der Waals surface area contributed by atoms with Gasteiger partial charge in [-0.1, -0.05) is 54.6 Å². The highest BCUT2D eigenvalue weighted by molar-refractivity contribution is 6.08. The lowest BCUT2D eigenvalue weighted by molar-refractivity contribution is 0.104. The third kappa shape index (κ3) is 5.86. The van der Waals surface area contributed by atoms with Crippen LogP contribution >= 0.6 is 0 Å². The first kappa shape index (κ1) is 21.8. The molecule has 4 nitrogen and oxygen atoms in total. The Hall–Kier alpha value is -3.37. The van der Waals surface area contributed by atoms with Crippen molar-refractivity contribution in [3.05, 3.63) is 101 Å². The second kappa shape index (κ2) is 10.8. The van der Waals surface area contributed by atoms with E-state index in [0.717, 1.165) is 50.2 Å². The fourth-order valence-electron chi connectivity index (χ4n) is 4.02. The Balaban J connectivity index is 1.21. The highest BCUT2D eigenvalue weighted by Crippen LogP contribution is 2.20. The second-order valence-corrected chi connectivity index (χ2v) is 8.14. The molecule has 0 fully saturated rings. The summed E-state index contributed by atoms with van der Waals surface area (Å²) < 4.78 is 5.93. The van der Waals surface area contributed by atoms with Crippen LogP contribution in [0.2, 0.25) is 0 Å². The Bertz CT molecular complexity index is 1090. The van der Waals surface area contributed by atoms with E-state index in [1.807, 2.05) is 24.3 Å². The summed E-state index contributed by atoms with van der Waals surface area (Å²) in [6.45, 7) is 3.94. The van der Waals surface area contributed by atoms with Gasteiger partial charge in [0.15, 0.2) is 5.78 Å². The summed E-state index contributed by atoms with van der Waals surface area (Å²) in [6.07, 6.45) is 6.47. The number of phenols is 1. The summed E-state index contributed by atoms with van der Waals surface area (Å²) in [5.74, 6) is 0.566. The summed E-state index contributed by atoms with van der Waals surface area (Å²) in [5.41, 5.74) is 4.13. The number of ketones is 1. The van der Waals surface area contributed by atoms with E-state index in [1.54, 1.807) is 24.3 Å². The lowest BCUT2D eigenvalue weighted by atomic mass is 10.00. The van der Waals surface area contributed by atoms with Crippen molar-refractivity contribution in [3.8, 4) is 11.5 Å². The molecule has 4 rings (SSSR count). The Morgan fingerprint density at radius 1 is 0.969 bits per heavy atom. The zero-order chi connectivity index (χ0) is 22.2. The molecule has 0 unspecified atom stereocenters. The number of allylic oxidation sites excluding steroid dienone is 1. The molecule has 0 atom stereocenters. The molecule has 0 saturated heterocycles. The predicted octanol–water partition coefficient (Wildman–Crippen LogP) is 5.51. The molecule has 0 radical (unpaired) electrons. The SMILES string of the molecule is O=C(/C=C/c1cccc(OCCCCN2CCc3ccccc3C2)c1)c1ccccc1O. The number of carbonyl (C=O) groups is 1. The van der Waals surface area contributed by atoms with Gasteiger partial charge in [-0.2, -0.15) is 0 Å². The monoisotopic (exact) mass is 427 g/mol. The molecular weight excluding hydrogens is 398 g/mol. The van der Waals surface area contributed by atoms with Crippen LogP contribution in [0.5, 0.6) is 11.5 Å². The third-order valence-corrected chi connectivity index (χ3v) is 5.80. The lowest BCUT2D eigenvalue weighted by Crippen LogP contribution is -2.31. The second-order valence-electron chi connectivity index (χ2n) is 8.14. The molecule has 1 heterocycles. The fraction of sp³-hybridized carbons (Fsp3) is 0.250. The Labute approximate surface area is 189 Å². The maximum atomic E-state index is 12.3. The van der Waals surface area contributed by atoms with E-state index in [1.165, 1.54) is 23.3 Å². The number of ether oxygens (including phenoxy) is 1. The largest absolute Gasteiger partial charge is 0.507 e. The smallest absolute Gasteiger partial charge is 0.189 e. The number of phenolic OH excluding ortho intramolecular Hbond substituents is 1. The normalized spacial score (nSPS) is 13.8. The van der Waals surface area contributed by atoms with Gasteiger partial charge in [0.2, 0.25) is 0 Å². The molecule has 1 N–H and O–H groups in total. The highest BCUT2D eigenvalue weighted by atomic mass is 16.5. The van der Waals surface area contributed by atoms with Crippen molar-refractivity contribution in [3.63, 3.8) is 0 Å². The van der Waals surface area contributed by atoms with E-state index in [0.29, 0.717) is 12.2 Å². The van der Waals surface area contributed by atoms with Crippen LogP contribution in [0, 0.1) is 0 Å². The molecule has 0 aromatic heterocycles. The quantitative estimate of drug-likeness (QED) is 0.278. The molecule has 3 aromatic rings. The van der Waals surface area contributed by atoms with Gasteiger partial charge < -0.3 is 9.84 Å². The summed E-state index contributed by atoms with van der Waals surface area (Å²) >= 11 is 0. The molecule has 0 spiro atoms. The van der Waals surface area contributed by atoms with Crippen molar-refractivity contribution in [2.45, 2.75) is 25.8 Å². The molecule has 164 valence electrons. The van der Waals surface area contributed by atoms with Crippen molar-refractivity contribution >= 4 is 11.9 Å².